The minimum Gasteiger partial charge on any atom is -0.489 e. The Balaban J connectivity index is 2.04. The molecule has 0 bridgehead atoms. The van der Waals surface area contributed by atoms with E-state index in [9.17, 15) is 4.79 Å². The first-order valence-corrected chi connectivity index (χ1v) is 6.08. The zero-order chi connectivity index (χ0) is 11.8. The lowest BCUT2D eigenvalue weighted by Crippen LogP contribution is -2.54. The van der Waals surface area contributed by atoms with Crippen LogP contribution in [0.15, 0.2) is 18.2 Å². The SMILES string of the molecule is O=C1c2cccc(Cl)c2OCC2CNCCN12. The van der Waals surface area contributed by atoms with Gasteiger partial charge in [-0.25, -0.2) is 0 Å². The summed E-state index contributed by atoms with van der Waals surface area (Å²) in [4.78, 5) is 14.3. The van der Waals surface area contributed by atoms with E-state index in [4.69, 9.17) is 16.3 Å². The van der Waals surface area contributed by atoms with Gasteiger partial charge in [0.05, 0.1) is 16.6 Å². The summed E-state index contributed by atoms with van der Waals surface area (Å²) in [5.74, 6) is 0.542. The molecule has 1 unspecified atom stereocenters. The molecule has 17 heavy (non-hydrogen) atoms. The fourth-order valence-corrected chi connectivity index (χ4v) is 2.56. The second-order valence-corrected chi connectivity index (χ2v) is 4.69. The molecule has 2 aliphatic rings. The van der Waals surface area contributed by atoms with E-state index in [2.05, 4.69) is 5.32 Å². The molecule has 1 aromatic rings. The Hall–Kier alpha value is -1.26. The fraction of sp³-hybridized carbons (Fsp3) is 0.417. The number of halogens is 1. The number of carbonyl (C=O) groups is 1. The summed E-state index contributed by atoms with van der Waals surface area (Å²) in [6, 6.07) is 5.40. The van der Waals surface area contributed by atoms with Crippen molar-refractivity contribution in [2.75, 3.05) is 26.2 Å². The lowest BCUT2D eigenvalue weighted by atomic mass is 10.1. The summed E-state index contributed by atoms with van der Waals surface area (Å²) in [6.45, 7) is 2.82. The summed E-state index contributed by atoms with van der Waals surface area (Å²) < 4.78 is 5.68. The normalized spacial score (nSPS) is 23.5. The molecule has 0 saturated carbocycles. The molecule has 1 fully saturated rings. The molecule has 1 aromatic carbocycles. The van der Waals surface area contributed by atoms with Crippen LogP contribution in [0.1, 0.15) is 10.4 Å². The van der Waals surface area contributed by atoms with Gasteiger partial charge in [-0.15, -0.1) is 0 Å². The molecule has 0 aromatic heterocycles. The van der Waals surface area contributed by atoms with Crippen LogP contribution in [0.2, 0.25) is 5.02 Å². The number of nitrogens with one attached hydrogen (secondary N) is 1. The molecular weight excluding hydrogens is 240 g/mol. The van der Waals surface area contributed by atoms with Crippen LogP contribution in [0.4, 0.5) is 0 Å². The first-order chi connectivity index (χ1) is 8.27. The van der Waals surface area contributed by atoms with Crippen LogP contribution in [0.5, 0.6) is 5.75 Å². The Kier molecular flexibility index (Phi) is 2.68. The number of hydrogen-bond acceptors (Lipinski definition) is 3. The molecule has 0 radical (unpaired) electrons. The third-order valence-electron chi connectivity index (χ3n) is 3.23. The van der Waals surface area contributed by atoms with Crippen LogP contribution in [-0.2, 0) is 0 Å². The quantitative estimate of drug-likeness (QED) is 0.753. The van der Waals surface area contributed by atoms with Crippen molar-refractivity contribution in [2.45, 2.75) is 6.04 Å². The topological polar surface area (TPSA) is 41.6 Å². The minimum atomic E-state index is 0.0199. The summed E-state index contributed by atoms with van der Waals surface area (Å²) in [7, 11) is 0. The van der Waals surface area contributed by atoms with Crippen LogP contribution in [0, 0.1) is 0 Å². The van der Waals surface area contributed by atoms with E-state index in [-0.39, 0.29) is 11.9 Å². The van der Waals surface area contributed by atoms with Gasteiger partial charge in [0.1, 0.15) is 6.61 Å². The molecule has 2 heterocycles. The number of ether oxygens (including phenoxy) is 1. The lowest BCUT2D eigenvalue weighted by molar-refractivity contribution is 0.0606. The third-order valence-corrected chi connectivity index (χ3v) is 3.53. The molecule has 1 N–H and O–H groups in total. The van der Waals surface area contributed by atoms with Crippen molar-refractivity contribution in [1.82, 2.24) is 10.2 Å². The maximum atomic E-state index is 12.4. The maximum absolute atomic E-state index is 12.4. The van der Waals surface area contributed by atoms with Gasteiger partial charge in [0.25, 0.3) is 5.91 Å². The lowest BCUT2D eigenvalue weighted by Gasteiger charge is -2.33. The zero-order valence-electron chi connectivity index (χ0n) is 9.28. The van der Waals surface area contributed by atoms with Crippen LogP contribution < -0.4 is 10.1 Å². The number of carbonyl (C=O) groups excluding carboxylic acids is 1. The number of benzene rings is 1. The number of rotatable bonds is 0. The fourth-order valence-electron chi connectivity index (χ4n) is 2.34. The van der Waals surface area contributed by atoms with Crippen LogP contribution in [0.3, 0.4) is 0 Å². The van der Waals surface area contributed by atoms with Gasteiger partial charge in [-0.3, -0.25) is 4.79 Å². The highest BCUT2D eigenvalue weighted by Gasteiger charge is 2.33. The van der Waals surface area contributed by atoms with Crippen molar-refractivity contribution in [3.63, 3.8) is 0 Å². The molecule has 90 valence electrons. The van der Waals surface area contributed by atoms with Gasteiger partial charge in [-0.1, -0.05) is 17.7 Å². The van der Waals surface area contributed by atoms with Crippen molar-refractivity contribution in [3.05, 3.63) is 28.8 Å². The second-order valence-electron chi connectivity index (χ2n) is 4.28. The number of fused-ring (bicyclic) bond motifs is 2. The molecule has 0 spiro atoms. The Morgan fingerprint density at radius 1 is 1.47 bits per heavy atom. The van der Waals surface area contributed by atoms with Gasteiger partial charge in [0.15, 0.2) is 5.75 Å². The van der Waals surface area contributed by atoms with E-state index < -0.39 is 0 Å². The van der Waals surface area contributed by atoms with Gasteiger partial charge in [-0.2, -0.15) is 0 Å². The molecule has 1 saturated heterocycles. The van der Waals surface area contributed by atoms with Crippen molar-refractivity contribution in [3.8, 4) is 5.75 Å². The monoisotopic (exact) mass is 252 g/mol. The summed E-state index contributed by atoms with van der Waals surface area (Å²) in [5.41, 5.74) is 0.571. The molecule has 2 aliphatic heterocycles. The van der Waals surface area contributed by atoms with Crippen molar-refractivity contribution in [1.29, 1.82) is 0 Å². The Morgan fingerprint density at radius 2 is 2.35 bits per heavy atom. The third kappa shape index (κ3) is 1.77. The van der Waals surface area contributed by atoms with Crippen LogP contribution in [0.25, 0.3) is 0 Å². The van der Waals surface area contributed by atoms with Gasteiger partial charge in [0, 0.05) is 19.6 Å². The highest BCUT2D eigenvalue weighted by atomic mass is 35.5. The number of piperazine rings is 1. The van der Waals surface area contributed by atoms with E-state index in [1.165, 1.54) is 0 Å². The smallest absolute Gasteiger partial charge is 0.258 e. The van der Waals surface area contributed by atoms with Gasteiger partial charge in [0.2, 0.25) is 0 Å². The predicted molar refractivity (Wildman–Crippen MR) is 64.6 cm³/mol. The van der Waals surface area contributed by atoms with E-state index in [0.29, 0.717) is 22.9 Å². The average Bonchev–Trinajstić information content (AvgIpc) is 2.50. The Labute approximate surface area is 104 Å². The highest BCUT2D eigenvalue weighted by Crippen LogP contribution is 2.32. The molecule has 1 amide bonds. The first-order valence-electron chi connectivity index (χ1n) is 5.70. The Morgan fingerprint density at radius 3 is 3.24 bits per heavy atom. The average molecular weight is 253 g/mol. The number of nitrogens with zero attached hydrogens (tertiary/aromatic N) is 1. The van der Waals surface area contributed by atoms with Crippen molar-refractivity contribution >= 4 is 17.5 Å². The zero-order valence-corrected chi connectivity index (χ0v) is 10.0. The van der Waals surface area contributed by atoms with Crippen molar-refractivity contribution < 1.29 is 9.53 Å². The Bertz CT molecular complexity index is 464. The maximum Gasteiger partial charge on any atom is 0.258 e. The van der Waals surface area contributed by atoms with E-state index in [1.54, 1.807) is 18.2 Å². The molecule has 3 rings (SSSR count). The number of amides is 1. The van der Waals surface area contributed by atoms with E-state index in [0.717, 1.165) is 19.6 Å². The number of hydrogen-bond donors (Lipinski definition) is 1. The molecule has 5 heteroatoms. The second kappa shape index (κ2) is 4.20. The summed E-state index contributed by atoms with van der Waals surface area (Å²) >= 11 is 6.07. The van der Waals surface area contributed by atoms with Crippen LogP contribution in [-0.4, -0.2) is 43.1 Å². The predicted octanol–water partition coefficient (Wildman–Crippen LogP) is 1.15. The molecular formula is C12H13ClN2O2. The summed E-state index contributed by atoms with van der Waals surface area (Å²) in [6.07, 6.45) is 0. The summed E-state index contributed by atoms with van der Waals surface area (Å²) in [5, 5.41) is 3.77. The van der Waals surface area contributed by atoms with Gasteiger partial charge < -0.3 is 15.0 Å². The minimum absolute atomic E-state index is 0.0199. The molecule has 4 nitrogen and oxygen atoms in total. The molecule has 0 aliphatic carbocycles. The molecule has 1 atom stereocenters. The van der Waals surface area contributed by atoms with Gasteiger partial charge in [-0.05, 0) is 12.1 Å². The van der Waals surface area contributed by atoms with E-state index in [1.807, 2.05) is 4.90 Å². The van der Waals surface area contributed by atoms with Gasteiger partial charge >= 0.3 is 0 Å². The van der Waals surface area contributed by atoms with Crippen molar-refractivity contribution in [2.24, 2.45) is 0 Å². The first kappa shape index (κ1) is 10.9. The highest BCUT2D eigenvalue weighted by molar-refractivity contribution is 6.32. The largest absolute Gasteiger partial charge is 0.489 e. The number of para-hydroxylation sites is 1. The van der Waals surface area contributed by atoms with E-state index >= 15 is 0 Å². The standard InChI is InChI=1S/C12H13ClN2O2/c13-10-3-1-2-9-11(10)17-7-8-6-14-4-5-15(8)12(9)16/h1-3,8,14H,4-7H2. The van der Waals surface area contributed by atoms with Crippen LogP contribution >= 0.6 is 11.6 Å².